The maximum absolute atomic E-state index is 13.0. The highest BCUT2D eigenvalue weighted by Gasteiger charge is 2.29. The summed E-state index contributed by atoms with van der Waals surface area (Å²) in [6.07, 6.45) is 0. The normalized spacial score (nSPS) is 22.1. The molecule has 1 atom stereocenters. The van der Waals surface area contributed by atoms with E-state index in [-0.39, 0.29) is 10.9 Å². The highest BCUT2D eigenvalue weighted by molar-refractivity contribution is 7.89. The molecule has 1 saturated heterocycles. The minimum absolute atomic E-state index is 0.134. The molecule has 1 aliphatic heterocycles. The van der Waals surface area contributed by atoms with Crippen molar-refractivity contribution in [2.24, 2.45) is 0 Å². The summed E-state index contributed by atoms with van der Waals surface area (Å²) >= 11 is 0. The number of aryl methyl sites for hydroxylation is 1. The van der Waals surface area contributed by atoms with Gasteiger partial charge in [-0.05, 0) is 37.6 Å². The molecule has 0 saturated carbocycles. The van der Waals surface area contributed by atoms with Crippen LogP contribution in [-0.4, -0.2) is 38.4 Å². The Morgan fingerprint density at radius 3 is 2.78 bits per heavy atom. The Hall–Kier alpha value is -0.980. The molecule has 1 N–H and O–H groups in total. The van der Waals surface area contributed by atoms with Gasteiger partial charge in [-0.1, -0.05) is 0 Å². The standard InChI is InChI=1S/C12H17FN2O2S/c1-9-7-11(13)3-4-12(9)18(16,17)15-6-5-14-10(2)8-15/h3-4,7,10,14H,5-6,8H2,1-2H3/t10-/m0/s1. The zero-order chi connectivity index (χ0) is 13.3. The molecule has 2 rings (SSSR count). The highest BCUT2D eigenvalue weighted by atomic mass is 32.2. The van der Waals surface area contributed by atoms with Gasteiger partial charge in [-0.25, -0.2) is 12.8 Å². The Labute approximate surface area is 107 Å². The van der Waals surface area contributed by atoms with Crippen molar-refractivity contribution in [3.8, 4) is 0 Å². The van der Waals surface area contributed by atoms with Crippen LogP contribution in [0.5, 0.6) is 0 Å². The molecule has 0 spiro atoms. The second-order valence-electron chi connectivity index (χ2n) is 4.63. The molecule has 0 amide bonds. The largest absolute Gasteiger partial charge is 0.312 e. The van der Waals surface area contributed by atoms with Crippen molar-refractivity contribution in [2.45, 2.75) is 24.8 Å². The number of hydrogen-bond donors (Lipinski definition) is 1. The van der Waals surface area contributed by atoms with E-state index in [1.54, 1.807) is 6.92 Å². The second kappa shape index (κ2) is 4.95. The SMILES string of the molecule is Cc1cc(F)ccc1S(=O)(=O)N1CCN[C@@H](C)C1. The third-order valence-corrected chi connectivity index (χ3v) is 5.11. The summed E-state index contributed by atoms with van der Waals surface area (Å²) in [7, 11) is -3.52. The molecular weight excluding hydrogens is 255 g/mol. The zero-order valence-corrected chi connectivity index (χ0v) is 11.3. The molecule has 0 bridgehead atoms. The fraction of sp³-hybridized carbons (Fsp3) is 0.500. The number of sulfonamides is 1. The quantitative estimate of drug-likeness (QED) is 0.877. The first-order valence-corrected chi connectivity index (χ1v) is 7.35. The fourth-order valence-corrected chi connectivity index (χ4v) is 3.89. The first kappa shape index (κ1) is 13.5. The van der Waals surface area contributed by atoms with E-state index >= 15 is 0 Å². The van der Waals surface area contributed by atoms with E-state index in [0.717, 1.165) is 0 Å². The van der Waals surface area contributed by atoms with Crippen LogP contribution in [0, 0.1) is 12.7 Å². The third kappa shape index (κ3) is 2.55. The minimum Gasteiger partial charge on any atom is -0.312 e. The predicted molar refractivity (Wildman–Crippen MR) is 67.4 cm³/mol. The van der Waals surface area contributed by atoms with Gasteiger partial charge >= 0.3 is 0 Å². The molecule has 1 aliphatic rings. The van der Waals surface area contributed by atoms with Crippen LogP contribution in [0.25, 0.3) is 0 Å². The summed E-state index contributed by atoms with van der Waals surface area (Å²) in [4.78, 5) is 0.193. The lowest BCUT2D eigenvalue weighted by molar-refractivity contribution is 0.310. The zero-order valence-electron chi connectivity index (χ0n) is 10.5. The van der Waals surface area contributed by atoms with Crippen molar-refractivity contribution in [2.75, 3.05) is 19.6 Å². The molecule has 18 heavy (non-hydrogen) atoms. The monoisotopic (exact) mass is 272 g/mol. The van der Waals surface area contributed by atoms with Gasteiger partial charge in [0.25, 0.3) is 0 Å². The number of hydrogen-bond acceptors (Lipinski definition) is 3. The lowest BCUT2D eigenvalue weighted by Gasteiger charge is -2.31. The maximum Gasteiger partial charge on any atom is 0.243 e. The Kier molecular flexibility index (Phi) is 3.70. The summed E-state index contributed by atoms with van der Waals surface area (Å²) in [5.41, 5.74) is 0.446. The van der Waals surface area contributed by atoms with E-state index in [1.165, 1.54) is 22.5 Å². The summed E-state index contributed by atoms with van der Waals surface area (Å²) in [5.74, 6) is -0.417. The number of piperazine rings is 1. The van der Waals surface area contributed by atoms with Crippen molar-refractivity contribution in [1.82, 2.24) is 9.62 Å². The van der Waals surface area contributed by atoms with Crippen LogP contribution >= 0.6 is 0 Å². The van der Waals surface area contributed by atoms with Gasteiger partial charge in [0, 0.05) is 25.7 Å². The van der Waals surface area contributed by atoms with Gasteiger partial charge in [-0.15, -0.1) is 0 Å². The van der Waals surface area contributed by atoms with Gasteiger partial charge in [-0.2, -0.15) is 4.31 Å². The molecule has 100 valence electrons. The first-order valence-electron chi connectivity index (χ1n) is 5.91. The molecule has 0 aromatic heterocycles. The van der Waals surface area contributed by atoms with Crippen LogP contribution in [-0.2, 0) is 10.0 Å². The van der Waals surface area contributed by atoms with Crippen LogP contribution in [0.2, 0.25) is 0 Å². The molecule has 1 fully saturated rings. The van der Waals surface area contributed by atoms with E-state index in [4.69, 9.17) is 0 Å². The number of nitrogens with one attached hydrogen (secondary N) is 1. The lowest BCUT2D eigenvalue weighted by atomic mass is 10.2. The van der Waals surface area contributed by atoms with Crippen molar-refractivity contribution >= 4 is 10.0 Å². The van der Waals surface area contributed by atoms with E-state index in [2.05, 4.69) is 5.32 Å². The summed E-state index contributed by atoms with van der Waals surface area (Å²) in [5, 5.41) is 3.19. The smallest absolute Gasteiger partial charge is 0.243 e. The predicted octanol–water partition coefficient (Wildman–Crippen LogP) is 1.12. The lowest BCUT2D eigenvalue weighted by Crippen LogP contribution is -2.51. The van der Waals surface area contributed by atoms with E-state index in [0.29, 0.717) is 25.2 Å². The van der Waals surface area contributed by atoms with Crippen LogP contribution < -0.4 is 5.32 Å². The molecular formula is C12H17FN2O2S. The van der Waals surface area contributed by atoms with Crippen molar-refractivity contribution in [1.29, 1.82) is 0 Å². The summed E-state index contributed by atoms with van der Waals surface area (Å²) in [6.45, 7) is 5.09. The Bertz CT molecular complexity index is 545. The van der Waals surface area contributed by atoms with Crippen molar-refractivity contribution < 1.29 is 12.8 Å². The van der Waals surface area contributed by atoms with Crippen LogP contribution in [0.15, 0.2) is 23.1 Å². The fourth-order valence-electron chi connectivity index (χ4n) is 2.16. The number of nitrogens with zero attached hydrogens (tertiary/aromatic N) is 1. The van der Waals surface area contributed by atoms with Crippen LogP contribution in [0.1, 0.15) is 12.5 Å². The molecule has 1 aromatic carbocycles. The van der Waals surface area contributed by atoms with E-state index in [1.807, 2.05) is 6.92 Å². The molecule has 4 nitrogen and oxygen atoms in total. The highest BCUT2D eigenvalue weighted by Crippen LogP contribution is 2.21. The minimum atomic E-state index is -3.52. The van der Waals surface area contributed by atoms with Gasteiger partial charge in [0.1, 0.15) is 5.82 Å². The van der Waals surface area contributed by atoms with Gasteiger partial charge < -0.3 is 5.32 Å². The Morgan fingerprint density at radius 1 is 1.44 bits per heavy atom. The Morgan fingerprint density at radius 2 is 2.17 bits per heavy atom. The van der Waals surface area contributed by atoms with Gasteiger partial charge in [-0.3, -0.25) is 0 Å². The molecule has 0 unspecified atom stereocenters. The Balaban J connectivity index is 2.35. The first-order chi connectivity index (χ1) is 8.41. The maximum atomic E-state index is 13.0. The number of benzene rings is 1. The van der Waals surface area contributed by atoms with Gasteiger partial charge in [0.05, 0.1) is 4.90 Å². The van der Waals surface area contributed by atoms with E-state index < -0.39 is 15.8 Å². The topological polar surface area (TPSA) is 49.4 Å². The molecule has 6 heteroatoms. The number of halogens is 1. The van der Waals surface area contributed by atoms with Crippen LogP contribution in [0.3, 0.4) is 0 Å². The van der Waals surface area contributed by atoms with Crippen LogP contribution in [0.4, 0.5) is 4.39 Å². The average molecular weight is 272 g/mol. The van der Waals surface area contributed by atoms with Crippen molar-refractivity contribution in [3.63, 3.8) is 0 Å². The van der Waals surface area contributed by atoms with Crippen molar-refractivity contribution in [3.05, 3.63) is 29.6 Å². The molecule has 0 aliphatic carbocycles. The van der Waals surface area contributed by atoms with E-state index in [9.17, 15) is 12.8 Å². The summed E-state index contributed by atoms with van der Waals surface area (Å²) < 4.78 is 39.4. The second-order valence-corrected chi connectivity index (χ2v) is 6.53. The van der Waals surface area contributed by atoms with Gasteiger partial charge in [0.15, 0.2) is 0 Å². The molecule has 1 heterocycles. The summed E-state index contributed by atoms with van der Waals surface area (Å²) in [6, 6.07) is 3.91. The molecule has 0 radical (unpaired) electrons. The molecule has 1 aromatic rings. The number of rotatable bonds is 2. The third-order valence-electron chi connectivity index (χ3n) is 3.09. The van der Waals surface area contributed by atoms with Gasteiger partial charge in [0.2, 0.25) is 10.0 Å². The average Bonchev–Trinajstić information content (AvgIpc) is 2.28.